The van der Waals surface area contributed by atoms with Gasteiger partial charge in [-0.2, -0.15) is 0 Å². The van der Waals surface area contributed by atoms with E-state index in [1.54, 1.807) is 26.0 Å². The molecular weight excluding hydrogens is 474 g/mol. The largest absolute Gasteiger partial charge is 0.497 e. The molecule has 4 aromatic rings. The van der Waals surface area contributed by atoms with Gasteiger partial charge in [-0.15, -0.1) is 5.10 Å². The lowest BCUT2D eigenvalue weighted by Crippen LogP contribution is -2.49. The van der Waals surface area contributed by atoms with E-state index in [0.717, 1.165) is 41.2 Å². The molecule has 11 heteroatoms. The molecule has 1 saturated heterocycles. The molecule has 0 saturated carbocycles. The molecule has 0 aliphatic carbocycles. The summed E-state index contributed by atoms with van der Waals surface area (Å²) in [7, 11) is 4.95. The van der Waals surface area contributed by atoms with Gasteiger partial charge in [0.1, 0.15) is 17.5 Å². The first-order valence-corrected chi connectivity index (χ1v) is 12.2. The number of hydrogen-bond acceptors (Lipinski definition) is 9. The summed E-state index contributed by atoms with van der Waals surface area (Å²) in [6.45, 7) is 3.87. The van der Waals surface area contributed by atoms with Crippen LogP contribution in [-0.4, -0.2) is 84.2 Å². The Balaban J connectivity index is 1.52. The van der Waals surface area contributed by atoms with Crippen molar-refractivity contribution in [1.82, 2.24) is 30.1 Å². The second-order valence-corrected chi connectivity index (χ2v) is 8.86. The highest BCUT2D eigenvalue weighted by atomic mass is 16.5. The van der Waals surface area contributed by atoms with Gasteiger partial charge in [0.2, 0.25) is 0 Å². The third kappa shape index (κ3) is 5.00. The van der Waals surface area contributed by atoms with Gasteiger partial charge in [0.25, 0.3) is 5.56 Å². The first kappa shape index (κ1) is 24.7. The van der Waals surface area contributed by atoms with Crippen molar-refractivity contribution in [2.75, 3.05) is 59.0 Å². The summed E-state index contributed by atoms with van der Waals surface area (Å²) >= 11 is 0. The van der Waals surface area contributed by atoms with Gasteiger partial charge in [-0.1, -0.05) is 12.1 Å². The monoisotopic (exact) mass is 505 g/mol. The average molecular weight is 506 g/mol. The Morgan fingerprint density at radius 3 is 2.57 bits per heavy atom. The highest BCUT2D eigenvalue weighted by Crippen LogP contribution is 2.32. The van der Waals surface area contributed by atoms with E-state index < -0.39 is 6.04 Å². The van der Waals surface area contributed by atoms with Gasteiger partial charge in [-0.05, 0) is 46.8 Å². The van der Waals surface area contributed by atoms with Gasteiger partial charge in [0.15, 0.2) is 5.82 Å². The molecule has 1 aliphatic rings. The predicted molar refractivity (Wildman–Crippen MR) is 139 cm³/mol. The third-order valence-electron chi connectivity index (χ3n) is 6.79. The van der Waals surface area contributed by atoms with Crippen LogP contribution in [0.4, 0.5) is 5.69 Å². The number of benzene rings is 2. The molecule has 1 N–H and O–H groups in total. The normalized spacial score (nSPS) is 15.2. The zero-order valence-corrected chi connectivity index (χ0v) is 21.3. The number of nitrogens with one attached hydrogen (secondary N) is 1. The van der Waals surface area contributed by atoms with Gasteiger partial charge in [-0.3, -0.25) is 9.69 Å². The highest BCUT2D eigenvalue weighted by molar-refractivity contribution is 5.80. The fourth-order valence-corrected chi connectivity index (χ4v) is 4.89. The van der Waals surface area contributed by atoms with E-state index in [0.29, 0.717) is 37.6 Å². The molecule has 3 heterocycles. The van der Waals surface area contributed by atoms with E-state index in [2.05, 4.69) is 36.4 Å². The average Bonchev–Trinajstić information content (AvgIpc) is 3.40. The summed E-state index contributed by atoms with van der Waals surface area (Å²) < 4.78 is 18.0. The van der Waals surface area contributed by atoms with Crippen LogP contribution in [0.5, 0.6) is 11.5 Å². The van der Waals surface area contributed by atoms with Gasteiger partial charge < -0.3 is 24.1 Å². The lowest BCUT2D eigenvalue weighted by atomic mass is 10.0. The molecule has 5 rings (SSSR count). The molecule has 1 aliphatic heterocycles. The van der Waals surface area contributed by atoms with Gasteiger partial charge in [-0.25, -0.2) is 4.68 Å². The van der Waals surface area contributed by atoms with E-state index in [1.807, 2.05) is 42.5 Å². The molecule has 2 aromatic heterocycles. The molecule has 1 fully saturated rings. The van der Waals surface area contributed by atoms with E-state index in [9.17, 15) is 4.79 Å². The third-order valence-corrected chi connectivity index (χ3v) is 6.79. The summed E-state index contributed by atoms with van der Waals surface area (Å²) in [6, 6.07) is 15.1. The van der Waals surface area contributed by atoms with Crippen molar-refractivity contribution in [3.05, 3.63) is 70.3 Å². The fraction of sp³-hybridized carbons (Fsp3) is 0.385. The summed E-state index contributed by atoms with van der Waals surface area (Å²) in [5.74, 6) is 2.17. The number of aromatic amines is 1. The number of aromatic nitrogens is 5. The number of ether oxygens (including phenoxy) is 3. The molecular formula is C26H31N7O4. The Kier molecular flexibility index (Phi) is 7.33. The Bertz CT molecular complexity index is 1410. The molecule has 2 aromatic carbocycles. The number of anilines is 1. The molecule has 11 nitrogen and oxygen atoms in total. The Morgan fingerprint density at radius 1 is 1.00 bits per heavy atom. The van der Waals surface area contributed by atoms with Crippen molar-refractivity contribution >= 4 is 16.6 Å². The molecule has 1 atom stereocenters. The SMILES string of the molecule is COCCn1nnnc1[C@H](c1cc2cc(OC)ccc2[nH]c1=O)N1CCN(c2ccccc2OC)CC1. The summed E-state index contributed by atoms with van der Waals surface area (Å²) in [5, 5.41) is 13.4. The minimum atomic E-state index is -0.439. The van der Waals surface area contributed by atoms with Crippen LogP contribution in [0.3, 0.4) is 0 Å². The number of hydrogen-bond donors (Lipinski definition) is 1. The molecule has 194 valence electrons. The van der Waals surface area contributed by atoms with Crippen molar-refractivity contribution in [2.24, 2.45) is 0 Å². The maximum atomic E-state index is 13.4. The van der Waals surface area contributed by atoms with E-state index in [1.165, 1.54) is 0 Å². The van der Waals surface area contributed by atoms with Crippen molar-refractivity contribution < 1.29 is 14.2 Å². The fourth-order valence-electron chi connectivity index (χ4n) is 4.89. The molecule has 0 spiro atoms. The zero-order valence-electron chi connectivity index (χ0n) is 21.3. The minimum absolute atomic E-state index is 0.170. The van der Waals surface area contributed by atoms with Crippen LogP contribution < -0.4 is 19.9 Å². The summed E-state index contributed by atoms with van der Waals surface area (Å²) in [4.78, 5) is 21.0. The number of nitrogens with zero attached hydrogens (tertiary/aromatic N) is 6. The predicted octanol–water partition coefficient (Wildman–Crippen LogP) is 2.09. The number of tetrazole rings is 1. The number of rotatable bonds is 9. The van der Waals surface area contributed by atoms with E-state index in [-0.39, 0.29) is 5.56 Å². The highest BCUT2D eigenvalue weighted by Gasteiger charge is 2.33. The Labute approximate surface area is 214 Å². The Morgan fingerprint density at radius 2 is 1.81 bits per heavy atom. The van der Waals surface area contributed by atoms with E-state index in [4.69, 9.17) is 14.2 Å². The van der Waals surface area contributed by atoms with Crippen LogP contribution in [0.25, 0.3) is 10.9 Å². The first-order chi connectivity index (χ1) is 18.1. The van der Waals surface area contributed by atoms with Gasteiger partial charge >= 0.3 is 0 Å². The van der Waals surface area contributed by atoms with Crippen LogP contribution in [0, 0.1) is 0 Å². The van der Waals surface area contributed by atoms with Crippen molar-refractivity contribution in [1.29, 1.82) is 0 Å². The second-order valence-electron chi connectivity index (χ2n) is 8.86. The smallest absolute Gasteiger partial charge is 0.253 e. The van der Waals surface area contributed by atoms with Crippen molar-refractivity contribution in [2.45, 2.75) is 12.6 Å². The number of fused-ring (bicyclic) bond motifs is 1. The summed E-state index contributed by atoms with van der Waals surface area (Å²) in [5.41, 5.74) is 2.21. The second kappa shape index (κ2) is 11.0. The number of para-hydroxylation sites is 2. The lowest BCUT2D eigenvalue weighted by molar-refractivity contribution is 0.171. The van der Waals surface area contributed by atoms with Crippen molar-refractivity contribution in [3.8, 4) is 11.5 Å². The maximum Gasteiger partial charge on any atom is 0.253 e. The van der Waals surface area contributed by atoms with Crippen LogP contribution in [0.15, 0.2) is 53.3 Å². The first-order valence-electron chi connectivity index (χ1n) is 12.2. The van der Waals surface area contributed by atoms with Crippen LogP contribution in [-0.2, 0) is 11.3 Å². The zero-order chi connectivity index (χ0) is 25.8. The lowest BCUT2D eigenvalue weighted by Gasteiger charge is -2.40. The van der Waals surface area contributed by atoms with Crippen LogP contribution >= 0.6 is 0 Å². The Hall–Kier alpha value is -3.96. The number of methoxy groups -OCH3 is 3. The van der Waals surface area contributed by atoms with Crippen LogP contribution in [0.1, 0.15) is 17.4 Å². The number of pyridine rings is 1. The van der Waals surface area contributed by atoms with Gasteiger partial charge in [0, 0.05) is 49.8 Å². The quantitative estimate of drug-likeness (QED) is 0.366. The maximum absolute atomic E-state index is 13.4. The minimum Gasteiger partial charge on any atom is -0.497 e. The molecule has 37 heavy (non-hydrogen) atoms. The number of piperazine rings is 1. The molecule has 0 amide bonds. The van der Waals surface area contributed by atoms with Crippen LogP contribution in [0.2, 0.25) is 0 Å². The van der Waals surface area contributed by atoms with E-state index >= 15 is 0 Å². The number of H-pyrrole nitrogens is 1. The molecule has 0 bridgehead atoms. The molecule has 0 radical (unpaired) electrons. The van der Waals surface area contributed by atoms with Crippen molar-refractivity contribution in [3.63, 3.8) is 0 Å². The molecule has 0 unspecified atom stereocenters. The summed E-state index contributed by atoms with van der Waals surface area (Å²) in [6.07, 6.45) is 0. The standard InChI is InChI=1S/C26H31N7O4/c1-35-15-14-33-25(28-29-30-33)24(20-17-18-16-19(36-2)8-9-21(18)27-26(20)34)32-12-10-31(11-13-32)22-6-4-5-7-23(22)37-3/h4-9,16-17,24H,10-15H2,1-3H3,(H,27,34)/t24-/m0/s1. The topological polar surface area (TPSA) is 111 Å². The van der Waals surface area contributed by atoms with Gasteiger partial charge in [0.05, 0.1) is 33.1 Å².